The Morgan fingerprint density at radius 2 is 0.500 bits per heavy atom. The predicted octanol–water partition coefficient (Wildman–Crippen LogP) is 9.39. The molecule has 0 heterocycles. The molecule has 0 saturated heterocycles. The first-order chi connectivity index (χ1) is 28.8. The number of hydrogen-bond donors (Lipinski definition) is 1. The van der Waals surface area contributed by atoms with Gasteiger partial charge in [0.25, 0.3) is 0 Å². The van der Waals surface area contributed by atoms with Gasteiger partial charge in [-0.3, -0.25) is 0 Å². The highest BCUT2D eigenvalue weighted by atomic mass is 19.2. The van der Waals surface area contributed by atoms with Gasteiger partial charge in [-0.25, -0.2) is 87.8 Å². The zero-order valence-electron chi connectivity index (χ0n) is 33.2. The Morgan fingerprint density at radius 3 is 0.661 bits per heavy atom. The lowest BCUT2D eigenvalue weighted by Crippen LogP contribution is -3.13. The van der Waals surface area contributed by atoms with Crippen LogP contribution in [0.4, 0.5) is 87.8 Å². The summed E-state index contributed by atoms with van der Waals surface area (Å²) in [6, 6.07) is 0. The molecule has 2 atom stereocenters. The highest BCUT2D eigenvalue weighted by molar-refractivity contribution is 7.20. The molecule has 0 bridgehead atoms. The van der Waals surface area contributed by atoms with E-state index in [1.165, 1.54) is 58.2 Å². The van der Waals surface area contributed by atoms with E-state index >= 15 is 35.1 Å². The maximum Gasteiger partial charge on any atom is 0.200 e. The van der Waals surface area contributed by atoms with E-state index in [0.717, 1.165) is 11.8 Å². The van der Waals surface area contributed by atoms with Crippen molar-refractivity contribution < 1.29 is 92.7 Å². The number of hydrogen-bond acceptors (Lipinski definition) is 0. The average molecular weight is 922 g/mol. The third-order valence-corrected chi connectivity index (χ3v) is 10.6. The lowest BCUT2D eigenvalue weighted by Gasteiger charge is -2.44. The molecule has 0 aromatic heterocycles. The molecule has 0 amide bonds. The zero-order valence-corrected chi connectivity index (χ0v) is 33.2. The quantitative estimate of drug-likeness (QED) is 0.0525. The fraction of sp³-hybridized carbons (Fsp3) is 0.400. The van der Waals surface area contributed by atoms with Crippen molar-refractivity contribution in [1.29, 1.82) is 0 Å². The van der Waals surface area contributed by atoms with Gasteiger partial charge in [0.1, 0.15) is 52.7 Å². The van der Waals surface area contributed by atoms with Gasteiger partial charge >= 0.3 is 0 Å². The van der Waals surface area contributed by atoms with Crippen molar-refractivity contribution in [1.82, 2.24) is 0 Å². The van der Waals surface area contributed by atoms with Crippen molar-refractivity contribution in [3.05, 3.63) is 116 Å². The van der Waals surface area contributed by atoms with Gasteiger partial charge in [-0.1, -0.05) is 53.4 Å². The SMILES string of the molecule is CCCCC(C)C[NH+](CC)CC(C)CCCC.Fc1c(F)c(F)c([B-](c2c(F)c(F)c(F)c(F)c2F)(c2c(F)c(F)c(F)c(F)c2F)c2c(F)c(F)c(F)c(F)c2F)c(F)c1F. The third-order valence-electron chi connectivity index (χ3n) is 10.6. The van der Waals surface area contributed by atoms with E-state index in [1.807, 2.05) is 4.90 Å². The first-order valence-electron chi connectivity index (χ1n) is 18.9. The Kier molecular flexibility index (Phi) is 17.4. The van der Waals surface area contributed by atoms with Crippen LogP contribution >= 0.6 is 0 Å². The Balaban J connectivity index is 0.000000509. The molecule has 62 heavy (non-hydrogen) atoms. The van der Waals surface area contributed by atoms with Crippen LogP contribution in [0.2, 0.25) is 0 Å². The largest absolute Gasteiger partial charge is 0.335 e. The van der Waals surface area contributed by atoms with Crippen LogP contribution in [0.15, 0.2) is 0 Å². The van der Waals surface area contributed by atoms with E-state index in [4.69, 9.17) is 0 Å². The lowest BCUT2D eigenvalue weighted by atomic mass is 9.12. The fourth-order valence-electron chi connectivity index (χ4n) is 7.54. The van der Waals surface area contributed by atoms with Crippen LogP contribution in [0.25, 0.3) is 0 Å². The molecule has 2 unspecified atom stereocenters. The normalized spacial score (nSPS) is 13.3. The van der Waals surface area contributed by atoms with Crippen LogP contribution in [0.5, 0.6) is 0 Å². The van der Waals surface area contributed by atoms with E-state index in [1.54, 1.807) is 0 Å². The molecule has 4 rings (SSSR count). The number of benzene rings is 4. The van der Waals surface area contributed by atoms with Crippen molar-refractivity contribution in [3.63, 3.8) is 0 Å². The molecule has 344 valence electrons. The Hall–Kier alpha value is -4.50. The molecule has 0 spiro atoms. The minimum Gasteiger partial charge on any atom is -0.335 e. The first kappa shape index (κ1) is 51.9. The van der Waals surface area contributed by atoms with E-state index < -0.39 is 144 Å². The molecule has 0 aliphatic rings. The van der Waals surface area contributed by atoms with Crippen LogP contribution in [0.3, 0.4) is 0 Å². The second-order valence-electron chi connectivity index (χ2n) is 14.8. The molecule has 4 aromatic rings. The predicted molar refractivity (Wildman–Crippen MR) is 188 cm³/mol. The summed E-state index contributed by atoms with van der Waals surface area (Å²) in [4.78, 5) is 1.82. The highest BCUT2D eigenvalue weighted by Gasteiger charge is 2.52. The molecular weight excluding hydrogens is 885 g/mol. The van der Waals surface area contributed by atoms with Crippen LogP contribution in [0, 0.1) is 128 Å². The first-order valence-corrected chi connectivity index (χ1v) is 18.9. The second-order valence-corrected chi connectivity index (χ2v) is 14.8. The van der Waals surface area contributed by atoms with Crippen molar-refractivity contribution in [2.45, 2.75) is 73.1 Å². The smallest absolute Gasteiger partial charge is 0.200 e. The number of unbranched alkanes of at least 4 members (excludes halogenated alkanes) is 2. The molecule has 0 aliphatic carbocycles. The molecule has 0 radical (unpaired) electrons. The van der Waals surface area contributed by atoms with Crippen molar-refractivity contribution in [2.24, 2.45) is 11.8 Å². The van der Waals surface area contributed by atoms with E-state index in [9.17, 15) is 52.7 Å². The van der Waals surface area contributed by atoms with Gasteiger partial charge in [-0.05, 0) is 19.8 Å². The van der Waals surface area contributed by atoms with E-state index in [0.29, 0.717) is 0 Å². The van der Waals surface area contributed by atoms with Gasteiger partial charge in [0.05, 0.1) is 19.6 Å². The lowest BCUT2D eigenvalue weighted by molar-refractivity contribution is -0.904. The number of rotatable bonds is 15. The molecule has 0 saturated carbocycles. The van der Waals surface area contributed by atoms with Crippen molar-refractivity contribution in [3.8, 4) is 0 Å². The summed E-state index contributed by atoms with van der Waals surface area (Å²) in [5.74, 6) is -69.6. The number of halogens is 20. The molecule has 1 N–H and O–H groups in total. The number of quaternary nitrogens is 1. The van der Waals surface area contributed by atoms with Gasteiger partial charge in [0.2, 0.25) is 0 Å². The summed E-state index contributed by atoms with van der Waals surface area (Å²) in [6.45, 7) is 15.9. The number of nitrogens with one attached hydrogen (secondary N) is 1. The van der Waals surface area contributed by atoms with Gasteiger partial charge < -0.3 is 4.90 Å². The summed E-state index contributed by atoms with van der Waals surface area (Å²) >= 11 is 0. The molecule has 1 nitrogen and oxygen atoms in total. The van der Waals surface area contributed by atoms with Crippen LogP contribution in [0.1, 0.15) is 73.1 Å². The highest BCUT2D eigenvalue weighted by Crippen LogP contribution is 2.30. The molecule has 22 heteroatoms. The van der Waals surface area contributed by atoms with Crippen molar-refractivity contribution in [2.75, 3.05) is 19.6 Å². The Bertz CT molecular complexity index is 1880. The van der Waals surface area contributed by atoms with Crippen LogP contribution in [-0.4, -0.2) is 25.8 Å². The minimum absolute atomic E-state index is 0.906. The Morgan fingerprint density at radius 1 is 0.323 bits per heavy atom. The summed E-state index contributed by atoms with van der Waals surface area (Å²) in [6.07, 6.45) is 1.13. The summed E-state index contributed by atoms with van der Waals surface area (Å²) in [5, 5.41) is 0. The summed E-state index contributed by atoms with van der Waals surface area (Å²) < 4.78 is 294. The maximum absolute atomic E-state index is 15.4. The fourth-order valence-corrected chi connectivity index (χ4v) is 7.54. The Labute approximate surface area is 341 Å². The molecule has 0 fully saturated rings. The topological polar surface area (TPSA) is 4.44 Å². The van der Waals surface area contributed by atoms with Crippen LogP contribution < -0.4 is 26.8 Å². The van der Waals surface area contributed by atoms with E-state index in [2.05, 4.69) is 34.6 Å². The summed E-state index contributed by atoms with van der Waals surface area (Å²) in [7, 11) is 0. The van der Waals surface area contributed by atoms with Gasteiger partial charge in [0.15, 0.2) is 69.8 Å². The van der Waals surface area contributed by atoms with Gasteiger partial charge in [-0.15, -0.1) is 21.9 Å². The molecular formula is C40H36BF20N. The standard InChI is InChI=1S/C24BF20.C16H35N/c26-5-1(6(27)14(35)21(42)13(5)34)25(2-7(28)15(36)22(43)16(37)8(2)29,3-9(30)17(38)23(44)18(39)10(3)31)4-11(32)19(40)24(45)20(41)12(4)33;1-6-9-11-15(4)13-17(8-3)14-16(5)12-10-7-2/h;15-16H,6-14H2,1-5H3/q-1;/p+1. The van der Waals surface area contributed by atoms with Crippen molar-refractivity contribution >= 4 is 28.0 Å². The average Bonchev–Trinajstić information content (AvgIpc) is 3.24. The third kappa shape index (κ3) is 9.25. The molecule has 4 aromatic carbocycles. The van der Waals surface area contributed by atoms with Crippen LogP contribution in [-0.2, 0) is 0 Å². The second kappa shape index (κ2) is 20.8. The monoisotopic (exact) mass is 921 g/mol. The minimum atomic E-state index is -7.22. The van der Waals surface area contributed by atoms with Gasteiger partial charge in [0, 0.05) is 11.8 Å². The zero-order chi connectivity index (χ0) is 47.5. The van der Waals surface area contributed by atoms with E-state index in [-0.39, 0.29) is 0 Å². The summed E-state index contributed by atoms with van der Waals surface area (Å²) in [5.41, 5.74) is -14.3. The van der Waals surface area contributed by atoms with Gasteiger partial charge in [-0.2, -0.15) is 0 Å². The molecule has 0 aliphatic heterocycles. The maximum atomic E-state index is 15.4.